The molecule has 0 spiro atoms. The van der Waals surface area contributed by atoms with Crippen LogP contribution in [0.25, 0.3) is 0 Å². The predicted molar refractivity (Wildman–Crippen MR) is 70.5 cm³/mol. The summed E-state index contributed by atoms with van der Waals surface area (Å²) in [6.45, 7) is 2.67. The van der Waals surface area contributed by atoms with E-state index in [2.05, 4.69) is 6.92 Å². The van der Waals surface area contributed by atoms with Crippen LogP contribution < -0.4 is 10.2 Å². The summed E-state index contributed by atoms with van der Waals surface area (Å²) in [6, 6.07) is 3.76. The summed E-state index contributed by atoms with van der Waals surface area (Å²) in [5.41, 5.74) is 0.0727. The Balaban J connectivity index is 2.42. The Bertz CT molecular complexity index is 358. The molecule has 1 aromatic carbocycles. The number of benzene rings is 1. The summed E-state index contributed by atoms with van der Waals surface area (Å²) >= 11 is 0. The Hall–Kier alpha value is -1.07. The van der Waals surface area contributed by atoms with Crippen molar-refractivity contribution >= 4 is 12.6 Å². The Morgan fingerprint density at radius 2 is 1.89 bits per heavy atom. The molecule has 2 N–H and O–H groups in total. The average molecular weight is 254 g/mol. The molecule has 0 atom stereocenters. The molecule has 18 heavy (non-hydrogen) atoms. The number of ether oxygens (including phenoxy) is 1. The number of hydrogen-bond donors (Lipinski definition) is 2. The lowest BCUT2D eigenvalue weighted by Gasteiger charge is -2.11. The van der Waals surface area contributed by atoms with Crippen molar-refractivity contribution in [1.29, 1.82) is 0 Å². The molecule has 0 saturated heterocycles. The van der Waals surface area contributed by atoms with Gasteiger partial charge in [0, 0.05) is 5.46 Å². The Morgan fingerprint density at radius 3 is 2.56 bits per heavy atom. The fourth-order valence-corrected chi connectivity index (χ4v) is 1.74. The van der Waals surface area contributed by atoms with Crippen molar-refractivity contribution in [1.82, 2.24) is 0 Å². The molecule has 0 bridgehead atoms. The van der Waals surface area contributed by atoms with Gasteiger partial charge in [0.25, 0.3) is 0 Å². The van der Waals surface area contributed by atoms with Crippen LogP contribution in [0.4, 0.5) is 4.39 Å². The Morgan fingerprint density at radius 1 is 1.17 bits per heavy atom. The van der Waals surface area contributed by atoms with E-state index in [-0.39, 0.29) is 5.46 Å². The summed E-state index contributed by atoms with van der Waals surface area (Å²) in [7, 11) is -1.71. The Kier molecular flexibility index (Phi) is 6.76. The second-order valence-corrected chi connectivity index (χ2v) is 4.32. The summed E-state index contributed by atoms with van der Waals surface area (Å²) in [4.78, 5) is 0. The zero-order valence-corrected chi connectivity index (χ0v) is 10.7. The van der Waals surface area contributed by atoms with Gasteiger partial charge in [-0.25, -0.2) is 4.39 Å². The molecule has 0 aromatic heterocycles. The topological polar surface area (TPSA) is 49.7 Å². The van der Waals surface area contributed by atoms with Crippen LogP contribution in [0, 0.1) is 5.82 Å². The first-order valence-corrected chi connectivity index (χ1v) is 6.43. The fraction of sp³-hybridized carbons (Fsp3) is 0.538. The van der Waals surface area contributed by atoms with Gasteiger partial charge in [-0.05, 0) is 24.6 Å². The molecular formula is C13H20BFO3. The van der Waals surface area contributed by atoms with Gasteiger partial charge in [-0.2, -0.15) is 0 Å². The van der Waals surface area contributed by atoms with Gasteiger partial charge in [-0.1, -0.05) is 32.6 Å². The second-order valence-electron chi connectivity index (χ2n) is 4.32. The summed E-state index contributed by atoms with van der Waals surface area (Å²) < 4.78 is 18.4. The molecular weight excluding hydrogens is 234 g/mol. The van der Waals surface area contributed by atoms with Crippen molar-refractivity contribution in [2.75, 3.05) is 6.61 Å². The largest absolute Gasteiger partial charge is 0.494 e. The lowest BCUT2D eigenvalue weighted by Crippen LogP contribution is -2.32. The number of unbranched alkanes of at least 4 members (excludes halogenated alkanes) is 4. The van der Waals surface area contributed by atoms with Crippen LogP contribution in [0.15, 0.2) is 18.2 Å². The third kappa shape index (κ3) is 5.06. The molecule has 0 amide bonds. The van der Waals surface area contributed by atoms with Gasteiger partial charge < -0.3 is 14.8 Å². The van der Waals surface area contributed by atoms with Crippen LogP contribution in [0.1, 0.15) is 39.0 Å². The molecule has 1 rings (SSSR count). The molecule has 0 fully saturated rings. The van der Waals surface area contributed by atoms with Gasteiger partial charge in [0.1, 0.15) is 11.6 Å². The van der Waals surface area contributed by atoms with Crippen molar-refractivity contribution in [3.8, 4) is 5.75 Å². The van der Waals surface area contributed by atoms with Crippen molar-refractivity contribution in [3.05, 3.63) is 24.0 Å². The smallest absolute Gasteiger partial charge is 0.492 e. The van der Waals surface area contributed by atoms with Crippen LogP contribution in [0.5, 0.6) is 5.75 Å². The minimum absolute atomic E-state index is 0.0727. The van der Waals surface area contributed by atoms with E-state index in [0.717, 1.165) is 18.9 Å². The van der Waals surface area contributed by atoms with Crippen LogP contribution in [0.3, 0.4) is 0 Å². The third-order valence-electron chi connectivity index (χ3n) is 2.76. The van der Waals surface area contributed by atoms with Gasteiger partial charge in [-0.15, -0.1) is 0 Å². The molecule has 100 valence electrons. The van der Waals surface area contributed by atoms with Crippen molar-refractivity contribution < 1.29 is 19.2 Å². The van der Waals surface area contributed by atoms with Crippen molar-refractivity contribution in [2.24, 2.45) is 0 Å². The minimum atomic E-state index is -1.71. The van der Waals surface area contributed by atoms with E-state index >= 15 is 0 Å². The highest BCUT2D eigenvalue weighted by Crippen LogP contribution is 2.11. The first-order valence-electron chi connectivity index (χ1n) is 6.43. The highest BCUT2D eigenvalue weighted by atomic mass is 19.1. The van der Waals surface area contributed by atoms with Crippen LogP contribution in [-0.4, -0.2) is 23.8 Å². The monoisotopic (exact) mass is 254 g/mol. The highest BCUT2D eigenvalue weighted by Gasteiger charge is 2.17. The van der Waals surface area contributed by atoms with Crippen LogP contribution in [-0.2, 0) is 0 Å². The maximum atomic E-state index is 13.0. The molecule has 1 aromatic rings. The zero-order valence-electron chi connectivity index (χ0n) is 10.7. The molecule has 5 heteroatoms. The first kappa shape index (κ1) is 15.0. The molecule has 3 nitrogen and oxygen atoms in total. The summed E-state index contributed by atoms with van der Waals surface area (Å²) in [5, 5.41) is 18.2. The van der Waals surface area contributed by atoms with Crippen molar-refractivity contribution in [3.63, 3.8) is 0 Å². The van der Waals surface area contributed by atoms with E-state index in [0.29, 0.717) is 12.4 Å². The summed E-state index contributed by atoms with van der Waals surface area (Å²) in [5.74, 6) is -0.171. The molecule has 0 aliphatic carbocycles. The van der Waals surface area contributed by atoms with Gasteiger partial charge in [0.2, 0.25) is 0 Å². The van der Waals surface area contributed by atoms with Crippen molar-refractivity contribution in [2.45, 2.75) is 39.0 Å². The van der Waals surface area contributed by atoms with E-state index in [1.54, 1.807) is 0 Å². The van der Waals surface area contributed by atoms with E-state index < -0.39 is 12.9 Å². The lowest BCUT2D eigenvalue weighted by atomic mass is 9.79. The lowest BCUT2D eigenvalue weighted by molar-refractivity contribution is 0.304. The van der Waals surface area contributed by atoms with Crippen LogP contribution in [0.2, 0.25) is 0 Å². The molecule has 0 heterocycles. The molecule has 0 radical (unpaired) electrons. The number of halogens is 1. The minimum Gasteiger partial charge on any atom is -0.494 e. The van der Waals surface area contributed by atoms with Gasteiger partial charge in [-0.3, -0.25) is 0 Å². The maximum absolute atomic E-state index is 13.0. The van der Waals surface area contributed by atoms with Gasteiger partial charge in [0.05, 0.1) is 6.61 Å². The molecule has 0 aliphatic rings. The van der Waals surface area contributed by atoms with E-state index in [1.807, 2.05) is 0 Å². The van der Waals surface area contributed by atoms with Gasteiger partial charge >= 0.3 is 7.12 Å². The average Bonchev–Trinajstić information content (AvgIpc) is 2.35. The van der Waals surface area contributed by atoms with E-state index in [9.17, 15) is 4.39 Å². The van der Waals surface area contributed by atoms with Crippen LogP contribution >= 0.6 is 0 Å². The quantitative estimate of drug-likeness (QED) is 0.550. The summed E-state index contributed by atoms with van der Waals surface area (Å²) in [6.07, 6.45) is 5.60. The highest BCUT2D eigenvalue weighted by molar-refractivity contribution is 6.59. The molecule has 0 saturated carbocycles. The van der Waals surface area contributed by atoms with E-state index in [1.165, 1.54) is 31.4 Å². The number of hydrogen-bond acceptors (Lipinski definition) is 3. The normalized spacial score (nSPS) is 10.4. The van der Waals surface area contributed by atoms with Gasteiger partial charge in [0.15, 0.2) is 0 Å². The predicted octanol–water partition coefficient (Wildman–Crippen LogP) is 1.85. The standard InChI is InChI=1S/C13H20BFO3/c1-2-3-4-5-6-9-18-13-8-7-11(15)10-12(13)14(16)17/h7-8,10,16-17H,2-6,9H2,1H3. The number of rotatable bonds is 8. The zero-order chi connectivity index (χ0) is 13.4. The second kappa shape index (κ2) is 8.11. The molecule has 0 aliphatic heterocycles. The van der Waals surface area contributed by atoms with E-state index in [4.69, 9.17) is 14.8 Å². The SMILES string of the molecule is CCCCCCCOc1ccc(F)cc1B(O)O. The maximum Gasteiger partial charge on any atom is 0.492 e. The first-order chi connectivity index (χ1) is 8.65. The fourth-order valence-electron chi connectivity index (χ4n) is 1.74. The molecule has 0 unspecified atom stereocenters. The Labute approximate surface area is 108 Å². The third-order valence-corrected chi connectivity index (χ3v) is 2.76.